The summed E-state index contributed by atoms with van der Waals surface area (Å²) in [6.07, 6.45) is 3.93. The number of piperidine rings is 1. The second-order valence-corrected chi connectivity index (χ2v) is 5.52. The molecule has 1 heterocycles. The number of hydrogen-bond donors (Lipinski definition) is 1. The van der Waals surface area contributed by atoms with Gasteiger partial charge in [-0.1, -0.05) is 19.4 Å². The van der Waals surface area contributed by atoms with Crippen LogP contribution in [-0.2, 0) is 4.74 Å². The summed E-state index contributed by atoms with van der Waals surface area (Å²) in [5.74, 6) is -1.06. The van der Waals surface area contributed by atoms with Crippen LogP contribution in [0.1, 0.15) is 53.3 Å². The number of aromatic hydroxyl groups is 1. The van der Waals surface area contributed by atoms with E-state index in [0.29, 0.717) is 13.2 Å². The fourth-order valence-electron chi connectivity index (χ4n) is 2.65. The molecule has 1 fully saturated rings. The van der Waals surface area contributed by atoms with Crippen LogP contribution in [0.15, 0.2) is 18.2 Å². The summed E-state index contributed by atoms with van der Waals surface area (Å²) in [4.78, 5) is 26.0. The Bertz CT molecular complexity index is 535. The molecule has 0 aromatic heterocycles. The van der Waals surface area contributed by atoms with E-state index < -0.39 is 5.97 Å². The number of nitrogens with zero attached hydrogens (tertiary/aromatic N) is 1. The molecule has 5 nitrogen and oxygen atoms in total. The molecule has 1 aliphatic heterocycles. The highest BCUT2D eigenvalue weighted by atomic mass is 16.5. The van der Waals surface area contributed by atoms with Crippen molar-refractivity contribution in [2.75, 3.05) is 26.2 Å². The number of carbonyl (C=O) groups is 2. The zero-order valence-electron chi connectivity index (χ0n) is 13.0. The van der Waals surface area contributed by atoms with Crippen LogP contribution in [0.2, 0.25) is 0 Å². The molecule has 2 rings (SSSR count). The summed E-state index contributed by atoms with van der Waals surface area (Å²) in [5.41, 5.74) is 0.228. The van der Waals surface area contributed by atoms with Crippen LogP contribution in [0, 0.1) is 0 Å². The molecule has 5 heteroatoms. The first-order chi connectivity index (χ1) is 10.6. The number of phenolic OH excluding ortho intramolecular Hbond substituents is 1. The lowest BCUT2D eigenvalue weighted by atomic mass is 10.0. The van der Waals surface area contributed by atoms with Gasteiger partial charge in [-0.05, 0) is 38.1 Å². The number of ether oxygens (including phenoxy) is 1. The molecule has 0 amide bonds. The molecular formula is C17H23NO4. The van der Waals surface area contributed by atoms with Gasteiger partial charge in [0.1, 0.15) is 17.9 Å². The normalized spacial score (nSPS) is 15.5. The zero-order chi connectivity index (χ0) is 15.9. The van der Waals surface area contributed by atoms with Crippen LogP contribution in [0.5, 0.6) is 5.75 Å². The Kier molecular flexibility index (Phi) is 5.95. The van der Waals surface area contributed by atoms with Crippen molar-refractivity contribution in [1.82, 2.24) is 4.90 Å². The number of phenols is 1. The number of para-hydroxylation sites is 1. The van der Waals surface area contributed by atoms with Gasteiger partial charge < -0.3 is 9.84 Å². The molecule has 1 saturated heterocycles. The Hall–Kier alpha value is -1.88. The molecule has 1 N–H and O–H groups in total. The predicted molar refractivity (Wildman–Crippen MR) is 83.3 cm³/mol. The quantitative estimate of drug-likeness (QED) is 0.646. The van der Waals surface area contributed by atoms with Crippen molar-refractivity contribution >= 4 is 11.8 Å². The van der Waals surface area contributed by atoms with Crippen LogP contribution in [0.4, 0.5) is 0 Å². The highest BCUT2D eigenvalue weighted by molar-refractivity contribution is 6.03. The molecule has 0 unspecified atom stereocenters. The SMILES string of the molecule is CCC(=O)c1cccc(C(=O)OCCN2CCCCC2)c1O. The van der Waals surface area contributed by atoms with E-state index >= 15 is 0 Å². The topological polar surface area (TPSA) is 66.8 Å². The molecule has 22 heavy (non-hydrogen) atoms. The minimum Gasteiger partial charge on any atom is -0.506 e. The summed E-state index contributed by atoms with van der Waals surface area (Å²) >= 11 is 0. The average molecular weight is 305 g/mol. The van der Waals surface area contributed by atoms with Crippen molar-refractivity contribution in [1.29, 1.82) is 0 Å². The second kappa shape index (κ2) is 7.94. The molecule has 0 atom stereocenters. The minimum absolute atomic E-state index is 0.0537. The van der Waals surface area contributed by atoms with E-state index in [4.69, 9.17) is 4.74 Å². The third-order valence-corrected chi connectivity index (χ3v) is 3.97. The summed E-state index contributed by atoms with van der Waals surface area (Å²) in [6, 6.07) is 4.58. The maximum atomic E-state index is 12.1. The Balaban J connectivity index is 1.93. The molecule has 120 valence electrons. The highest BCUT2D eigenvalue weighted by Crippen LogP contribution is 2.24. The molecular weight excluding hydrogens is 282 g/mol. The first kappa shape index (κ1) is 16.5. The van der Waals surface area contributed by atoms with Crippen molar-refractivity contribution in [2.45, 2.75) is 32.6 Å². The van der Waals surface area contributed by atoms with Crippen LogP contribution in [0.3, 0.4) is 0 Å². The van der Waals surface area contributed by atoms with E-state index in [-0.39, 0.29) is 29.1 Å². The lowest BCUT2D eigenvalue weighted by Gasteiger charge is -2.25. The fourth-order valence-corrected chi connectivity index (χ4v) is 2.65. The van der Waals surface area contributed by atoms with Crippen LogP contribution < -0.4 is 0 Å². The number of esters is 1. The number of hydrogen-bond acceptors (Lipinski definition) is 5. The average Bonchev–Trinajstić information content (AvgIpc) is 2.55. The molecule has 0 aliphatic carbocycles. The van der Waals surface area contributed by atoms with Crippen LogP contribution in [-0.4, -0.2) is 48.0 Å². The van der Waals surface area contributed by atoms with Gasteiger partial charge in [0.15, 0.2) is 5.78 Å². The van der Waals surface area contributed by atoms with Gasteiger partial charge >= 0.3 is 5.97 Å². The van der Waals surface area contributed by atoms with Crippen molar-refractivity contribution < 1.29 is 19.4 Å². The summed E-state index contributed by atoms with van der Waals surface area (Å²) in [5, 5.41) is 10.1. The molecule has 1 aliphatic rings. The van der Waals surface area contributed by atoms with Gasteiger partial charge in [0.05, 0.1) is 5.56 Å². The number of ketones is 1. The third kappa shape index (κ3) is 4.07. The Morgan fingerprint density at radius 2 is 1.86 bits per heavy atom. The molecule has 0 radical (unpaired) electrons. The molecule has 1 aromatic rings. The lowest BCUT2D eigenvalue weighted by molar-refractivity contribution is 0.0449. The lowest BCUT2D eigenvalue weighted by Crippen LogP contribution is -2.33. The smallest absolute Gasteiger partial charge is 0.341 e. The maximum Gasteiger partial charge on any atom is 0.341 e. The van der Waals surface area contributed by atoms with Gasteiger partial charge in [0.2, 0.25) is 0 Å². The van der Waals surface area contributed by atoms with E-state index in [2.05, 4.69) is 4.90 Å². The first-order valence-electron chi connectivity index (χ1n) is 7.88. The standard InChI is InChI=1S/C17H23NO4/c1-2-15(19)13-7-6-8-14(16(13)20)17(21)22-12-11-18-9-4-3-5-10-18/h6-8,20H,2-5,9-12H2,1H3. The zero-order valence-corrected chi connectivity index (χ0v) is 13.0. The summed E-state index contributed by atoms with van der Waals surface area (Å²) in [7, 11) is 0. The van der Waals surface area contributed by atoms with E-state index in [1.807, 2.05) is 0 Å². The molecule has 1 aromatic carbocycles. The van der Waals surface area contributed by atoms with Crippen molar-refractivity contribution in [2.24, 2.45) is 0 Å². The monoisotopic (exact) mass is 305 g/mol. The number of carbonyl (C=O) groups excluding carboxylic acids is 2. The fraction of sp³-hybridized carbons (Fsp3) is 0.529. The van der Waals surface area contributed by atoms with Gasteiger partial charge in [0, 0.05) is 13.0 Å². The Labute approximate surface area is 130 Å². The first-order valence-corrected chi connectivity index (χ1v) is 7.88. The number of Topliss-reactive ketones (excluding diaryl/α,β-unsaturated/α-hetero) is 1. The van der Waals surface area contributed by atoms with Gasteiger partial charge in [-0.25, -0.2) is 4.79 Å². The van der Waals surface area contributed by atoms with Gasteiger partial charge in [-0.15, -0.1) is 0 Å². The number of likely N-dealkylation sites (tertiary alicyclic amines) is 1. The van der Waals surface area contributed by atoms with Gasteiger partial charge in [-0.3, -0.25) is 9.69 Å². The van der Waals surface area contributed by atoms with Gasteiger partial charge in [0.25, 0.3) is 0 Å². The van der Waals surface area contributed by atoms with Crippen molar-refractivity contribution in [3.05, 3.63) is 29.3 Å². The maximum absolute atomic E-state index is 12.1. The third-order valence-electron chi connectivity index (χ3n) is 3.97. The highest BCUT2D eigenvalue weighted by Gasteiger charge is 2.19. The largest absolute Gasteiger partial charge is 0.506 e. The Morgan fingerprint density at radius 3 is 2.55 bits per heavy atom. The molecule has 0 saturated carbocycles. The number of rotatable bonds is 6. The van der Waals surface area contributed by atoms with E-state index in [1.165, 1.54) is 31.4 Å². The molecule has 0 bridgehead atoms. The van der Waals surface area contributed by atoms with E-state index in [9.17, 15) is 14.7 Å². The van der Waals surface area contributed by atoms with Crippen LogP contribution >= 0.6 is 0 Å². The van der Waals surface area contributed by atoms with Crippen molar-refractivity contribution in [3.63, 3.8) is 0 Å². The van der Waals surface area contributed by atoms with Crippen LogP contribution in [0.25, 0.3) is 0 Å². The predicted octanol–water partition coefficient (Wildman–Crippen LogP) is 2.63. The van der Waals surface area contributed by atoms with Gasteiger partial charge in [-0.2, -0.15) is 0 Å². The van der Waals surface area contributed by atoms with E-state index in [0.717, 1.165) is 13.1 Å². The van der Waals surface area contributed by atoms with Crippen molar-refractivity contribution in [3.8, 4) is 5.75 Å². The Morgan fingerprint density at radius 1 is 1.18 bits per heavy atom. The van der Waals surface area contributed by atoms with E-state index in [1.54, 1.807) is 13.0 Å². The number of benzene rings is 1. The second-order valence-electron chi connectivity index (χ2n) is 5.52. The minimum atomic E-state index is -0.583. The summed E-state index contributed by atoms with van der Waals surface area (Å²) in [6.45, 7) is 4.81. The molecule has 0 spiro atoms. The summed E-state index contributed by atoms with van der Waals surface area (Å²) < 4.78 is 5.23.